The average Bonchev–Trinajstić information content (AvgIpc) is 3.78. The van der Waals surface area contributed by atoms with Gasteiger partial charge in [0.25, 0.3) is 0 Å². The number of nitrogens with one attached hydrogen (secondary N) is 1. The number of alkyl halides is 3. The maximum absolute atomic E-state index is 13.9. The summed E-state index contributed by atoms with van der Waals surface area (Å²) in [7, 11) is 0. The minimum absolute atomic E-state index is 0.0127. The zero-order valence-electron chi connectivity index (χ0n) is 25.2. The number of carbonyl (C=O) groups excluding carboxylic acids is 2. The van der Waals surface area contributed by atoms with Crippen LogP contribution >= 0.6 is 0 Å². The van der Waals surface area contributed by atoms with E-state index in [-0.39, 0.29) is 36.5 Å². The number of primary amides is 1. The lowest BCUT2D eigenvalue weighted by atomic mass is 9.88. The van der Waals surface area contributed by atoms with Crippen LogP contribution in [0.4, 0.5) is 29.6 Å². The molecule has 1 aromatic heterocycles. The van der Waals surface area contributed by atoms with Crippen LogP contribution in [0.2, 0.25) is 0 Å². The number of rotatable bonds is 8. The predicted molar refractivity (Wildman–Crippen MR) is 160 cm³/mol. The Balaban J connectivity index is 1.26. The molecule has 2 heterocycles. The Labute approximate surface area is 255 Å². The molecular formula is C33H38F3N5O3. The van der Waals surface area contributed by atoms with Crippen molar-refractivity contribution in [1.82, 2.24) is 14.9 Å². The molecule has 3 N–H and O–H groups in total. The zero-order chi connectivity index (χ0) is 31.7. The number of likely N-dealkylation sites (tertiary alicyclic amines) is 1. The Morgan fingerprint density at radius 1 is 1.02 bits per heavy atom. The quantitative estimate of drug-likeness (QED) is 0.296. The van der Waals surface area contributed by atoms with Gasteiger partial charge in [-0.1, -0.05) is 36.4 Å². The second-order valence-electron chi connectivity index (χ2n) is 12.6. The summed E-state index contributed by atoms with van der Waals surface area (Å²) in [5, 5.41) is 3.04. The molecule has 2 fully saturated rings. The molecule has 2 amide bonds. The number of hydrogen-bond donors (Lipinski definition) is 2. The number of carbonyl (C=O) groups is 2. The van der Waals surface area contributed by atoms with Gasteiger partial charge in [0.05, 0.1) is 16.7 Å². The highest BCUT2D eigenvalue weighted by Gasteiger charge is 2.50. The molecule has 11 heteroatoms. The Hall–Kier alpha value is -4.15. The molecule has 8 nitrogen and oxygen atoms in total. The van der Waals surface area contributed by atoms with Gasteiger partial charge in [0, 0.05) is 25.0 Å². The number of nitrogens with zero attached hydrogens (tertiary/aromatic N) is 3. The molecule has 0 unspecified atom stereocenters. The van der Waals surface area contributed by atoms with Crippen molar-refractivity contribution in [3.63, 3.8) is 0 Å². The fraction of sp³-hybridized carbons (Fsp3) is 0.455. The predicted octanol–water partition coefficient (Wildman–Crippen LogP) is 6.66. The van der Waals surface area contributed by atoms with Crippen LogP contribution < -0.4 is 11.1 Å². The molecule has 5 rings (SSSR count). The van der Waals surface area contributed by atoms with Crippen molar-refractivity contribution in [2.45, 2.75) is 82.4 Å². The van der Waals surface area contributed by atoms with E-state index in [1.165, 1.54) is 0 Å². The van der Waals surface area contributed by atoms with E-state index in [1.807, 2.05) is 69.3 Å². The van der Waals surface area contributed by atoms with Crippen LogP contribution in [0.25, 0.3) is 0 Å². The zero-order valence-corrected chi connectivity index (χ0v) is 25.2. The van der Waals surface area contributed by atoms with Crippen molar-refractivity contribution in [3.05, 3.63) is 82.7 Å². The lowest BCUT2D eigenvalue weighted by Gasteiger charge is -2.33. The van der Waals surface area contributed by atoms with Gasteiger partial charge in [-0.05, 0) is 94.0 Å². The number of amides is 2. The summed E-state index contributed by atoms with van der Waals surface area (Å²) in [5.41, 5.74) is 6.73. The smallest absolute Gasteiger partial charge is 0.419 e. The molecule has 0 atom stereocenters. The number of aryl methyl sites for hydroxylation is 2. The van der Waals surface area contributed by atoms with Gasteiger partial charge in [-0.2, -0.15) is 13.2 Å². The number of piperidine rings is 1. The van der Waals surface area contributed by atoms with Gasteiger partial charge in [0.1, 0.15) is 5.60 Å². The lowest BCUT2D eigenvalue weighted by molar-refractivity contribution is -0.138. The number of nitrogens with two attached hydrogens (primary N) is 1. The number of ether oxygens (including phenoxy) is 1. The van der Waals surface area contributed by atoms with Crippen molar-refractivity contribution in [1.29, 1.82) is 0 Å². The monoisotopic (exact) mass is 609 g/mol. The van der Waals surface area contributed by atoms with Crippen LogP contribution in [0.1, 0.15) is 80.3 Å². The van der Waals surface area contributed by atoms with Crippen LogP contribution in [0.3, 0.4) is 0 Å². The molecule has 1 saturated carbocycles. The first-order valence-electron chi connectivity index (χ1n) is 14.9. The van der Waals surface area contributed by atoms with Crippen LogP contribution in [-0.2, 0) is 34.0 Å². The highest BCUT2D eigenvalue weighted by molar-refractivity contribution is 5.90. The van der Waals surface area contributed by atoms with Crippen molar-refractivity contribution < 1.29 is 27.5 Å². The Kier molecular flexibility index (Phi) is 8.59. The highest BCUT2D eigenvalue weighted by atomic mass is 19.4. The van der Waals surface area contributed by atoms with Gasteiger partial charge in [-0.15, -0.1) is 0 Å². The molecule has 1 saturated heterocycles. The minimum Gasteiger partial charge on any atom is -0.444 e. The summed E-state index contributed by atoms with van der Waals surface area (Å²) in [6.45, 7) is 6.76. The second kappa shape index (κ2) is 12.1. The molecule has 44 heavy (non-hydrogen) atoms. The van der Waals surface area contributed by atoms with Gasteiger partial charge >= 0.3 is 12.3 Å². The largest absolute Gasteiger partial charge is 0.444 e. The normalized spacial score (nSPS) is 16.8. The van der Waals surface area contributed by atoms with Crippen molar-refractivity contribution in [2.24, 2.45) is 5.73 Å². The van der Waals surface area contributed by atoms with E-state index >= 15 is 0 Å². The van der Waals surface area contributed by atoms with Gasteiger partial charge in [-0.3, -0.25) is 4.79 Å². The SMILES string of the molecule is CC(C)(C)OC(=O)N1CCC(c2ccc(Nc3ncc(C(F)(F)F)c(CCc4ccccc4C4(C(N)=O)CC4)n3)cc2)CC1. The van der Waals surface area contributed by atoms with Crippen LogP contribution in [-0.4, -0.2) is 45.6 Å². The molecule has 2 aromatic carbocycles. The average molecular weight is 610 g/mol. The molecule has 0 bridgehead atoms. The van der Waals surface area contributed by atoms with E-state index in [2.05, 4.69) is 15.3 Å². The fourth-order valence-corrected chi connectivity index (χ4v) is 5.83. The lowest BCUT2D eigenvalue weighted by Crippen LogP contribution is -2.41. The number of halogens is 3. The van der Waals surface area contributed by atoms with Crippen LogP contribution in [0, 0.1) is 0 Å². The summed E-state index contributed by atoms with van der Waals surface area (Å²) in [5.74, 6) is -0.0638. The summed E-state index contributed by atoms with van der Waals surface area (Å²) in [6.07, 6.45) is -0.924. The summed E-state index contributed by atoms with van der Waals surface area (Å²) < 4.78 is 47.1. The maximum Gasteiger partial charge on any atom is 0.419 e. The summed E-state index contributed by atoms with van der Waals surface area (Å²) in [4.78, 5) is 34.5. The van der Waals surface area contributed by atoms with Gasteiger partial charge in [-0.25, -0.2) is 14.8 Å². The van der Waals surface area contributed by atoms with E-state index in [4.69, 9.17) is 10.5 Å². The van der Waals surface area contributed by atoms with E-state index in [0.29, 0.717) is 31.6 Å². The molecule has 3 aromatic rings. The van der Waals surface area contributed by atoms with Gasteiger partial charge in [0.15, 0.2) is 0 Å². The van der Waals surface area contributed by atoms with Gasteiger partial charge in [0.2, 0.25) is 11.9 Å². The van der Waals surface area contributed by atoms with Gasteiger partial charge < -0.3 is 20.7 Å². The van der Waals surface area contributed by atoms with Crippen molar-refractivity contribution in [3.8, 4) is 0 Å². The second-order valence-corrected chi connectivity index (χ2v) is 12.6. The first-order valence-corrected chi connectivity index (χ1v) is 14.9. The highest BCUT2D eigenvalue weighted by Crippen LogP contribution is 2.49. The standard InChI is InChI=1S/C33H38F3N5O3/c1-31(2,3)44-30(43)41-18-14-22(15-19-41)21-8-11-24(12-9-21)39-29-38-20-26(33(34,35)36)27(40-29)13-10-23-6-4-5-7-25(23)32(16-17-32)28(37)42/h4-9,11-12,20,22H,10,13-19H2,1-3H3,(H2,37,42)(H,38,39,40). The molecule has 1 aliphatic carbocycles. The maximum atomic E-state index is 13.9. The molecule has 2 aliphatic rings. The topological polar surface area (TPSA) is 110 Å². The third kappa shape index (κ3) is 7.14. The molecule has 234 valence electrons. The molecule has 0 spiro atoms. The first kappa shape index (κ1) is 31.3. The number of benzene rings is 2. The third-order valence-electron chi connectivity index (χ3n) is 8.34. The van der Waals surface area contributed by atoms with E-state index in [1.54, 1.807) is 4.90 Å². The van der Waals surface area contributed by atoms with Crippen molar-refractivity contribution in [2.75, 3.05) is 18.4 Å². The fourth-order valence-electron chi connectivity index (χ4n) is 5.83. The van der Waals surface area contributed by atoms with E-state index < -0.39 is 28.7 Å². The van der Waals surface area contributed by atoms with Crippen molar-refractivity contribution >= 4 is 23.6 Å². The molecular weight excluding hydrogens is 571 g/mol. The molecule has 1 aliphatic heterocycles. The first-order chi connectivity index (χ1) is 20.7. The Bertz CT molecular complexity index is 1510. The van der Waals surface area contributed by atoms with Crippen LogP contribution in [0.15, 0.2) is 54.7 Å². The summed E-state index contributed by atoms with van der Waals surface area (Å²) in [6, 6.07) is 14.9. The van der Waals surface area contributed by atoms with E-state index in [0.717, 1.165) is 35.7 Å². The number of hydrogen-bond acceptors (Lipinski definition) is 6. The third-order valence-corrected chi connectivity index (χ3v) is 8.34. The Morgan fingerprint density at radius 2 is 1.68 bits per heavy atom. The Morgan fingerprint density at radius 3 is 2.27 bits per heavy atom. The summed E-state index contributed by atoms with van der Waals surface area (Å²) >= 11 is 0. The minimum atomic E-state index is -4.61. The molecule has 0 radical (unpaired) electrons. The number of aromatic nitrogens is 2. The van der Waals surface area contributed by atoms with Crippen LogP contribution in [0.5, 0.6) is 0 Å². The number of anilines is 2. The van der Waals surface area contributed by atoms with E-state index in [9.17, 15) is 22.8 Å².